The van der Waals surface area contributed by atoms with Gasteiger partial charge in [0.15, 0.2) is 0 Å². The molecule has 0 atom stereocenters. The third-order valence-corrected chi connectivity index (χ3v) is 7.04. The number of carbonyl (C=O) groups excluding carboxylic acids is 1. The van der Waals surface area contributed by atoms with Gasteiger partial charge >= 0.3 is 0 Å². The molecule has 8 heteroatoms. The number of benzene rings is 2. The van der Waals surface area contributed by atoms with Gasteiger partial charge in [0.2, 0.25) is 10.0 Å². The van der Waals surface area contributed by atoms with E-state index in [1.54, 1.807) is 0 Å². The number of nitrogens with zero attached hydrogens (tertiary/aromatic N) is 1. The minimum atomic E-state index is -3.49. The molecule has 0 radical (unpaired) electrons. The van der Waals surface area contributed by atoms with E-state index in [9.17, 15) is 13.2 Å². The fourth-order valence-electron chi connectivity index (χ4n) is 3.05. The van der Waals surface area contributed by atoms with E-state index < -0.39 is 10.0 Å². The van der Waals surface area contributed by atoms with Crippen molar-refractivity contribution in [3.8, 4) is 17.6 Å². The number of rotatable bonds is 6. The predicted octanol–water partition coefficient (Wildman–Crippen LogP) is 3.44. The fraction of sp³-hybridized carbons (Fsp3) is 0.318. The molecule has 2 aromatic rings. The number of halogens is 1. The van der Waals surface area contributed by atoms with E-state index in [1.807, 2.05) is 24.3 Å². The average Bonchev–Trinajstić information content (AvgIpc) is 2.77. The van der Waals surface area contributed by atoms with Crippen molar-refractivity contribution in [2.75, 3.05) is 26.2 Å². The van der Waals surface area contributed by atoms with E-state index in [0.717, 1.165) is 23.7 Å². The molecule has 1 N–H and O–H groups in total. The Kier molecular flexibility index (Phi) is 7.91. The number of ether oxygens (including phenoxy) is 1. The molecule has 2 aromatic carbocycles. The fourth-order valence-corrected chi connectivity index (χ4v) is 4.94. The lowest BCUT2D eigenvalue weighted by molar-refractivity contribution is 0.0958. The second-order valence-corrected chi connectivity index (χ2v) is 9.63. The molecule has 1 fully saturated rings. The van der Waals surface area contributed by atoms with Gasteiger partial charge in [0, 0.05) is 23.1 Å². The Balaban J connectivity index is 1.48. The summed E-state index contributed by atoms with van der Waals surface area (Å²) >= 11 is 3.37. The zero-order valence-corrected chi connectivity index (χ0v) is 18.8. The number of sulfonamides is 1. The van der Waals surface area contributed by atoms with E-state index in [2.05, 4.69) is 33.1 Å². The third-order valence-electron chi connectivity index (χ3n) is 4.64. The zero-order chi connectivity index (χ0) is 21.4. The Morgan fingerprint density at radius 3 is 2.50 bits per heavy atom. The molecule has 0 aromatic heterocycles. The van der Waals surface area contributed by atoms with Gasteiger partial charge in [0.05, 0.1) is 11.4 Å². The Bertz CT molecular complexity index is 1040. The van der Waals surface area contributed by atoms with Gasteiger partial charge in [-0.15, -0.1) is 0 Å². The van der Waals surface area contributed by atoms with Crippen LogP contribution in [0, 0.1) is 11.8 Å². The molecule has 0 bridgehead atoms. The number of piperidine rings is 1. The highest BCUT2D eigenvalue weighted by Gasteiger charge is 2.25. The number of hydrogen-bond acceptors (Lipinski definition) is 4. The van der Waals surface area contributed by atoms with Crippen LogP contribution in [-0.2, 0) is 10.0 Å². The van der Waals surface area contributed by atoms with Crippen molar-refractivity contribution in [2.45, 2.75) is 24.2 Å². The lowest BCUT2D eigenvalue weighted by Gasteiger charge is -2.25. The number of carbonyl (C=O) groups is 1. The van der Waals surface area contributed by atoms with Gasteiger partial charge < -0.3 is 10.1 Å². The van der Waals surface area contributed by atoms with Gasteiger partial charge in [-0.1, -0.05) is 40.3 Å². The van der Waals surface area contributed by atoms with Crippen LogP contribution in [0.4, 0.5) is 0 Å². The van der Waals surface area contributed by atoms with Crippen molar-refractivity contribution < 1.29 is 17.9 Å². The molecule has 6 nitrogen and oxygen atoms in total. The first-order chi connectivity index (χ1) is 14.5. The molecule has 1 saturated heterocycles. The summed E-state index contributed by atoms with van der Waals surface area (Å²) in [5.41, 5.74) is 0.389. The number of amides is 1. The molecule has 0 saturated carbocycles. The number of nitrogens with one attached hydrogen (secondary N) is 1. The molecule has 1 amide bonds. The summed E-state index contributed by atoms with van der Waals surface area (Å²) < 4.78 is 33.2. The minimum absolute atomic E-state index is 0.175. The van der Waals surface area contributed by atoms with Crippen LogP contribution in [0.25, 0.3) is 0 Å². The topological polar surface area (TPSA) is 75.7 Å². The van der Waals surface area contributed by atoms with Crippen LogP contribution in [0.15, 0.2) is 57.9 Å². The predicted molar refractivity (Wildman–Crippen MR) is 119 cm³/mol. The second kappa shape index (κ2) is 10.6. The minimum Gasteiger partial charge on any atom is -0.481 e. The summed E-state index contributed by atoms with van der Waals surface area (Å²) in [5, 5.41) is 2.69. The summed E-state index contributed by atoms with van der Waals surface area (Å²) in [6.07, 6.45) is 2.83. The van der Waals surface area contributed by atoms with Crippen LogP contribution in [0.3, 0.4) is 0 Å². The summed E-state index contributed by atoms with van der Waals surface area (Å²) in [7, 11) is -3.49. The largest absolute Gasteiger partial charge is 0.481 e. The SMILES string of the molecule is O=C(NCC#CCOc1cccc(Br)c1)c1ccc(S(=O)(=O)N2CCCCC2)cc1. The Morgan fingerprint density at radius 1 is 1.07 bits per heavy atom. The van der Waals surface area contributed by atoms with Gasteiger partial charge in [-0.3, -0.25) is 4.79 Å². The van der Waals surface area contributed by atoms with E-state index in [1.165, 1.54) is 28.6 Å². The summed E-state index contributed by atoms with van der Waals surface area (Å²) in [6.45, 7) is 1.49. The lowest BCUT2D eigenvalue weighted by atomic mass is 10.2. The molecule has 1 aliphatic rings. The Morgan fingerprint density at radius 2 is 1.80 bits per heavy atom. The molecule has 30 heavy (non-hydrogen) atoms. The second-order valence-electron chi connectivity index (χ2n) is 6.77. The van der Waals surface area contributed by atoms with Crippen molar-refractivity contribution in [1.29, 1.82) is 0 Å². The summed E-state index contributed by atoms with van der Waals surface area (Å²) in [4.78, 5) is 12.4. The van der Waals surface area contributed by atoms with Crippen LogP contribution in [-0.4, -0.2) is 44.9 Å². The van der Waals surface area contributed by atoms with E-state index in [-0.39, 0.29) is 24.0 Å². The quantitative estimate of drug-likeness (QED) is 0.629. The highest BCUT2D eigenvalue weighted by Crippen LogP contribution is 2.21. The van der Waals surface area contributed by atoms with Crippen molar-refractivity contribution in [3.63, 3.8) is 0 Å². The standard InChI is InChI=1S/C22H23BrN2O4S/c23-19-7-6-8-20(17-19)29-16-5-2-13-24-22(26)18-9-11-21(12-10-18)30(27,28)25-14-3-1-4-15-25/h6-12,17H,1,3-4,13-16H2,(H,24,26). The monoisotopic (exact) mass is 490 g/mol. The van der Waals surface area contributed by atoms with Crippen molar-refractivity contribution >= 4 is 31.9 Å². The van der Waals surface area contributed by atoms with Crippen molar-refractivity contribution in [2.24, 2.45) is 0 Å². The summed E-state index contributed by atoms with van der Waals surface area (Å²) in [6, 6.07) is 13.5. The number of hydrogen-bond donors (Lipinski definition) is 1. The molecule has 0 unspecified atom stereocenters. The van der Waals surface area contributed by atoms with Crippen LogP contribution < -0.4 is 10.1 Å². The van der Waals surface area contributed by atoms with Crippen LogP contribution >= 0.6 is 15.9 Å². The van der Waals surface area contributed by atoms with Gasteiger partial charge in [-0.25, -0.2) is 8.42 Å². The summed E-state index contributed by atoms with van der Waals surface area (Å²) in [5.74, 6) is 6.07. The molecular formula is C22H23BrN2O4S. The first kappa shape index (κ1) is 22.3. The van der Waals surface area contributed by atoms with Crippen molar-refractivity contribution in [3.05, 3.63) is 58.6 Å². The average molecular weight is 491 g/mol. The normalized spacial score (nSPS) is 14.4. The Labute approximate surface area is 185 Å². The van der Waals surface area contributed by atoms with E-state index >= 15 is 0 Å². The van der Waals surface area contributed by atoms with E-state index in [4.69, 9.17) is 4.74 Å². The maximum absolute atomic E-state index is 12.7. The highest BCUT2D eigenvalue weighted by atomic mass is 79.9. The van der Waals surface area contributed by atoms with Gasteiger partial charge in [-0.2, -0.15) is 4.31 Å². The molecule has 0 spiro atoms. The first-order valence-electron chi connectivity index (χ1n) is 9.69. The van der Waals surface area contributed by atoms with E-state index in [0.29, 0.717) is 24.4 Å². The molecule has 1 aliphatic heterocycles. The van der Waals surface area contributed by atoms with Crippen LogP contribution in [0.2, 0.25) is 0 Å². The Hall–Kier alpha value is -2.34. The molecule has 0 aliphatic carbocycles. The molecule has 3 rings (SSSR count). The third kappa shape index (κ3) is 6.08. The maximum atomic E-state index is 12.7. The molecule has 1 heterocycles. The zero-order valence-electron chi connectivity index (χ0n) is 16.4. The van der Waals surface area contributed by atoms with Gasteiger partial charge in [0.25, 0.3) is 5.91 Å². The molecular weight excluding hydrogens is 468 g/mol. The van der Waals surface area contributed by atoms with Crippen LogP contribution in [0.5, 0.6) is 5.75 Å². The van der Waals surface area contributed by atoms with Crippen molar-refractivity contribution in [1.82, 2.24) is 9.62 Å². The maximum Gasteiger partial charge on any atom is 0.252 e. The first-order valence-corrected chi connectivity index (χ1v) is 11.9. The highest BCUT2D eigenvalue weighted by molar-refractivity contribution is 9.10. The smallest absolute Gasteiger partial charge is 0.252 e. The van der Waals surface area contributed by atoms with Crippen LogP contribution in [0.1, 0.15) is 29.6 Å². The van der Waals surface area contributed by atoms with Gasteiger partial charge in [-0.05, 0) is 55.3 Å². The van der Waals surface area contributed by atoms with Gasteiger partial charge in [0.1, 0.15) is 12.4 Å². The lowest BCUT2D eigenvalue weighted by Crippen LogP contribution is -2.35. The molecule has 158 valence electrons.